The average molecular weight is 373 g/mol. The van der Waals surface area contributed by atoms with Gasteiger partial charge in [-0.05, 0) is 30.3 Å². The molecule has 142 valence electrons. The van der Waals surface area contributed by atoms with Crippen molar-refractivity contribution in [2.75, 3.05) is 33.3 Å². The van der Waals surface area contributed by atoms with E-state index in [2.05, 4.69) is 10.1 Å². The molecular weight excluding hydrogens is 354 g/mol. The van der Waals surface area contributed by atoms with Crippen LogP contribution in [0.15, 0.2) is 42.5 Å². The minimum Gasteiger partial charge on any atom is -0.493 e. The molecule has 0 spiro atoms. The minimum atomic E-state index is -0.733. The van der Waals surface area contributed by atoms with Crippen molar-refractivity contribution >= 4 is 23.5 Å². The lowest BCUT2D eigenvalue weighted by atomic mass is 10.1. The third kappa shape index (κ3) is 5.21. The van der Waals surface area contributed by atoms with E-state index in [-0.39, 0.29) is 11.1 Å². The summed E-state index contributed by atoms with van der Waals surface area (Å²) in [5.74, 6) is -0.863. The van der Waals surface area contributed by atoms with Gasteiger partial charge in [-0.25, -0.2) is 9.59 Å². The number of esters is 2. The number of methoxy groups -OCH3 is 3. The van der Waals surface area contributed by atoms with E-state index in [1.807, 2.05) is 0 Å². The Kier molecular flexibility index (Phi) is 6.76. The predicted octanol–water partition coefficient (Wildman–Crippen LogP) is 2.29. The number of hydrogen-bond donors (Lipinski definition) is 1. The fourth-order valence-corrected chi connectivity index (χ4v) is 2.22. The third-order valence-corrected chi connectivity index (χ3v) is 3.52. The van der Waals surface area contributed by atoms with E-state index in [1.54, 1.807) is 18.2 Å². The van der Waals surface area contributed by atoms with Crippen molar-refractivity contribution in [1.82, 2.24) is 0 Å². The van der Waals surface area contributed by atoms with E-state index >= 15 is 0 Å². The Labute approximate surface area is 156 Å². The number of carbonyl (C=O) groups is 3. The maximum absolute atomic E-state index is 12.1. The summed E-state index contributed by atoms with van der Waals surface area (Å²) >= 11 is 0. The van der Waals surface area contributed by atoms with Crippen molar-refractivity contribution in [3.63, 3.8) is 0 Å². The number of hydrogen-bond acceptors (Lipinski definition) is 7. The van der Waals surface area contributed by atoms with Crippen LogP contribution in [0.25, 0.3) is 0 Å². The fraction of sp³-hybridized carbons (Fsp3) is 0.211. The van der Waals surface area contributed by atoms with E-state index in [9.17, 15) is 14.4 Å². The summed E-state index contributed by atoms with van der Waals surface area (Å²) in [6.07, 6.45) is 0. The Morgan fingerprint density at radius 1 is 0.852 bits per heavy atom. The Morgan fingerprint density at radius 3 is 2.15 bits per heavy atom. The second kappa shape index (κ2) is 9.23. The van der Waals surface area contributed by atoms with Gasteiger partial charge in [-0.3, -0.25) is 4.79 Å². The summed E-state index contributed by atoms with van der Waals surface area (Å²) in [5, 5.41) is 2.59. The molecule has 0 fully saturated rings. The smallest absolute Gasteiger partial charge is 0.338 e. The predicted molar refractivity (Wildman–Crippen MR) is 96.2 cm³/mol. The lowest BCUT2D eigenvalue weighted by Crippen LogP contribution is -2.21. The molecule has 27 heavy (non-hydrogen) atoms. The third-order valence-electron chi connectivity index (χ3n) is 3.52. The van der Waals surface area contributed by atoms with Crippen LogP contribution >= 0.6 is 0 Å². The van der Waals surface area contributed by atoms with E-state index in [4.69, 9.17) is 14.2 Å². The molecule has 2 aromatic rings. The lowest BCUT2D eigenvalue weighted by molar-refractivity contribution is -0.119. The normalized spacial score (nSPS) is 9.89. The van der Waals surface area contributed by atoms with Crippen molar-refractivity contribution in [3.05, 3.63) is 53.6 Å². The molecule has 0 saturated heterocycles. The van der Waals surface area contributed by atoms with Crippen LogP contribution in [-0.2, 0) is 14.3 Å². The molecule has 0 heterocycles. The highest BCUT2D eigenvalue weighted by atomic mass is 16.5. The largest absolute Gasteiger partial charge is 0.493 e. The van der Waals surface area contributed by atoms with Crippen molar-refractivity contribution < 1.29 is 33.3 Å². The summed E-state index contributed by atoms with van der Waals surface area (Å²) in [6.45, 7) is -0.490. The molecule has 0 unspecified atom stereocenters. The summed E-state index contributed by atoms with van der Waals surface area (Å²) in [4.78, 5) is 35.5. The summed E-state index contributed by atoms with van der Waals surface area (Å²) in [7, 11) is 4.23. The van der Waals surface area contributed by atoms with Crippen LogP contribution < -0.4 is 14.8 Å². The lowest BCUT2D eigenvalue weighted by Gasteiger charge is -2.11. The van der Waals surface area contributed by atoms with Crippen LogP contribution in [-0.4, -0.2) is 45.8 Å². The number of anilines is 1. The number of benzene rings is 2. The zero-order valence-corrected chi connectivity index (χ0v) is 15.1. The molecular formula is C19H19NO7. The van der Waals surface area contributed by atoms with E-state index in [0.29, 0.717) is 17.2 Å². The van der Waals surface area contributed by atoms with E-state index in [1.165, 1.54) is 45.6 Å². The zero-order valence-electron chi connectivity index (χ0n) is 15.1. The van der Waals surface area contributed by atoms with Gasteiger partial charge < -0.3 is 24.3 Å². The Hall–Kier alpha value is -3.55. The first-order chi connectivity index (χ1) is 13.0. The zero-order chi connectivity index (χ0) is 19.8. The molecule has 0 aliphatic heterocycles. The molecule has 2 aromatic carbocycles. The van der Waals surface area contributed by atoms with Crippen molar-refractivity contribution in [2.45, 2.75) is 0 Å². The summed E-state index contributed by atoms with van der Waals surface area (Å²) in [5.41, 5.74) is 0.805. The summed E-state index contributed by atoms with van der Waals surface area (Å²) in [6, 6.07) is 10.7. The highest BCUT2D eigenvalue weighted by Gasteiger charge is 2.14. The molecule has 0 radical (unpaired) electrons. The Morgan fingerprint density at radius 2 is 1.52 bits per heavy atom. The van der Waals surface area contributed by atoms with Crippen molar-refractivity contribution in [3.8, 4) is 11.5 Å². The van der Waals surface area contributed by atoms with Crippen LogP contribution in [0.5, 0.6) is 11.5 Å². The molecule has 1 amide bonds. The number of amides is 1. The van der Waals surface area contributed by atoms with Gasteiger partial charge in [0.05, 0.1) is 32.5 Å². The second-order valence-electron chi connectivity index (χ2n) is 5.27. The van der Waals surface area contributed by atoms with Gasteiger partial charge in [0.15, 0.2) is 18.1 Å². The molecule has 0 aliphatic rings. The standard InChI is InChI=1S/C19H19NO7/c1-24-15-8-7-14(10-16(15)25-2)20-17(21)11-27-19(23)13-6-4-5-12(9-13)18(22)26-3/h4-10H,11H2,1-3H3,(H,20,21). The van der Waals surface area contributed by atoms with Gasteiger partial charge in [0.1, 0.15) is 0 Å². The Balaban J connectivity index is 1.95. The molecule has 8 heteroatoms. The van der Waals surface area contributed by atoms with Gasteiger partial charge in [-0.15, -0.1) is 0 Å². The van der Waals surface area contributed by atoms with Gasteiger partial charge in [-0.2, -0.15) is 0 Å². The van der Waals surface area contributed by atoms with Crippen LogP contribution in [0.2, 0.25) is 0 Å². The van der Waals surface area contributed by atoms with Crippen LogP contribution in [0, 0.1) is 0 Å². The quantitative estimate of drug-likeness (QED) is 0.743. The fourth-order valence-electron chi connectivity index (χ4n) is 2.22. The monoisotopic (exact) mass is 373 g/mol. The van der Waals surface area contributed by atoms with Gasteiger partial charge >= 0.3 is 11.9 Å². The maximum Gasteiger partial charge on any atom is 0.338 e. The number of carbonyl (C=O) groups excluding carboxylic acids is 3. The number of rotatable bonds is 7. The van der Waals surface area contributed by atoms with Gasteiger partial charge in [-0.1, -0.05) is 6.07 Å². The SMILES string of the molecule is COC(=O)c1cccc(C(=O)OCC(=O)Nc2ccc(OC)c(OC)c2)c1. The first-order valence-corrected chi connectivity index (χ1v) is 7.86. The average Bonchev–Trinajstić information content (AvgIpc) is 2.71. The summed E-state index contributed by atoms with van der Waals surface area (Å²) < 4.78 is 19.8. The number of ether oxygens (including phenoxy) is 4. The topological polar surface area (TPSA) is 100 Å². The highest BCUT2D eigenvalue weighted by molar-refractivity contribution is 5.97. The molecule has 0 atom stereocenters. The molecule has 0 saturated carbocycles. The molecule has 8 nitrogen and oxygen atoms in total. The van der Waals surface area contributed by atoms with Crippen molar-refractivity contribution in [1.29, 1.82) is 0 Å². The van der Waals surface area contributed by atoms with Crippen LogP contribution in [0.3, 0.4) is 0 Å². The molecule has 0 aliphatic carbocycles. The van der Waals surface area contributed by atoms with Gasteiger partial charge in [0.25, 0.3) is 5.91 Å². The van der Waals surface area contributed by atoms with Gasteiger partial charge in [0, 0.05) is 11.8 Å². The minimum absolute atomic E-state index is 0.136. The molecule has 1 N–H and O–H groups in total. The first-order valence-electron chi connectivity index (χ1n) is 7.86. The van der Waals surface area contributed by atoms with Crippen molar-refractivity contribution in [2.24, 2.45) is 0 Å². The molecule has 0 bridgehead atoms. The second-order valence-corrected chi connectivity index (χ2v) is 5.27. The van der Waals surface area contributed by atoms with Crippen LogP contribution in [0.4, 0.5) is 5.69 Å². The van der Waals surface area contributed by atoms with Crippen LogP contribution in [0.1, 0.15) is 20.7 Å². The van der Waals surface area contributed by atoms with E-state index < -0.39 is 24.5 Å². The maximum atomic E-state index is 12.1. The molecule has 2 rings (SSSR count). The Bertz CT molecular complexity index is 848. The first kappa shape index (κ1) is 19.8. The van der Waals surface area contributed by atoms with Gasteiger partial charge in [0.2, 0.25) is 0 Å². The van der Waals surface area contributed by atoms with E-state index in [0.717, 1.165) is 0 Å². The number of nitrogens with one attached hydrogen (secondary N) is 1. The highest BCUT2D eigenvalue weighted by Crippen LogP contribution is 2.29. The molecule has 0 aromatic heterocycles.